The lowest BCUT2D eigenvalue weighted by atomic mass is 9.88. The van der Waals surface area contributed by atoms with Crippen LogP contribution in [0.25, 0.3) is 0 Å². The number of halogens is 3. The number of carbonyl (C=O) groups is 5. The highest BCUT2D eigenvalue weighted by Crippen LogP contribution is 2.47. The van der Waals surface area contributed by atoms with Crippen LogP contribution in [-0.4, -0.2) is 83.8 Å². The topological polar surface area (TPSA) is 189 Å². The van der Waals surface area contributed by atoms with Crippen molar-refractivity contribution in [3.63, 3.8) is 0 Å². The molecule has 7 atom stereocenters. The number of nitrogens with one attached hydrogen (secondary N) is 4. The maximum atomic E-state index is 14.5. The maximum Gasteiger partial charge on any atom is 0.418 e. The SMILES string of the molecule is CC1CCC=CC2CC2(C(=O)NS(=O)(=O)C2(C)CC2)NC(=O)C2CC(OC(=O)Nc3ccccc3C(F)(F)F)CN2C(=O)C(NC(=O)OC(C)(C)C)C(C)C1. The van der Waals surface area contributed by atoms with E-state index in [-0.39, 0.29) is 18.8 Å². The number of ether oxygens (including phenoxy) is 2. The predicted molar refractivity (Wildman–Crippen MR) is 194 cm³/mol. The van der Waals surface area contributed by atoms with Crippen LogP contribution in [0.5, 0.6) is 0 Å². The number of alkyl halides is 3. The largest absolute Gasteiger partial charge is 0.444 e. The van der Waals surface area contributed by atoms with Crippen molar-refractivity contribution in [2.24, 2.45) is 17.8 Å². The van der Waals surface area contributed by atoms with Gasteiger partial charge in [-0.2, -0.15) is 13.2 Å². The first-order valence-electron chi connectivity index (χ1n) is 18.4. The molecule has 14 nitrogen and oxygen atoms in total. The lowest BCUT2D eigenvalue weighted by Crippen LogP contribution is -2.59. The summed E-state index contributed by atoms with van der Waals surface area (Å²) in [4.78, 5) is 69.8. The number of benzene rings is 1. The summed E-state index contributed by atoms with van der Waals surface area (Å²) in [6.45, 7) is 9.83. The van der Waals surface area contributed by atoms with E-state index in [9.17, 15) is 45.6 Å². The van der Waals surface area contributed by atoms with Gasteiger partial charge in [0.25, 0.3) is 5.91 Å². The van der Waals surface area contributed by atoms with Crippen molar-refractivity contribution >= 4 is 45.6 Å². The fourth-order valence-corrected chi connectivity index (χ4v) is 8.47. The minimum absolute atomic E-state index is 0.0469. The van der Waals surface area contributed by atoms with E-state index in [4.69, 9.17) is 9.47 Å². The Bertz CT molecular complexity index is 1830. The zero-order valence-corrected chi connectivity index (χ0v) is 32.6. The molecule has 7 unspecified atom stereocenters. The van der Waals surface area contributed by atoms with Crippen molar-refractivity contribution in [1.82, 2.24) is 20.3 Å². The van der Waals surface area contributed by atoms with E-state index >= 15 is 0 Å². The van der Waals surface area contributed by atoms with E-state index < -0.39 is 110 Å². The zero-order valence-electron chi connectivity index (χ0n) is 31.7. The first kappa shape index (κ1) is 41.8. The Hall–Kier alpha value is -4.35. The summed E-state index contributed by atoms with van der Waals surface area (Å²) >= 11 is 0. The summed E-state index contributed by atoms with van der Waals surface area (Å²) in [5.74, 6) is -3.51. The van der Waals surface area contributed by atoms with Gasteiger partial charge in [-0.3, -0.25) is 24.4 Å². The van der Waals surface area contributed by atoms with Crippen molar-refractivity contribution < 1.29 is 55.0 Å². The Labute approximate surface area is 318 Å². The third-order valence-electron chi connectivity index (χ3n) is 10.7. The number of para-hydroxylation sites is 1. The number of allylic oxidation sites excluding steroid dienone is 1. The zero-order chi connectivity index (χ0) is 40.7. The number of hydrogen-bond donors (Lipinski definition) is 4. The molecule has 0 spiro atoms. The molecule has 55 heavy (non-hydrogen) atoms. The Morgan fingerprint density at radius 3 is 2.33 bits per heavy atom. The molecule has 4 aliphatic rings. The van der Waals surface area contributed by atoms with Crippen LogP contribution in [0.15, 0.2) is 36.4 Å². The molecule has 2 aliphatic carbocycles. The third kappa shape index (κ3) is 9.73. The Morgan fingerprint density at radius 1 is 1.02 bits per heavy atom. The Morgan fingerprint density at radius 2 is 1.69 bits per heavy atom. The van der Waals surface area contributed by atoms with Gasteiger partial charge >= 0.3 is 18.4 Å². The summed E-state index contributed by atoms with van der Waals surface area (Å²) in [5, 5.41) is 7.47. The van der Waals surface area contributed by atoms with Gasteiger partial charge in [-0.15, -0.1) is 0 Å². The maximum absolute atomic E-state index is 14.5. The highest BCUT2D eigenvalue weighted by molar-refractivity contribution is 7.91. The van der Waals surface area contributed by atoms with Crippen LogP contribution in [0.1, 0.15) is 92.1 Å². The van der Waals surface area contributed by atoms with E-state index in [1.165, 1.54) is 13.0 Å². The van der Waals surface area contributed by atoms with Crippen molar-refractivity contribution in [1.29, 1.82) is 0 Å². The molecular formula is C37H50F3N5O9S. The molecule has 1 saturated heterocycles. The number of anilines is 1. The molecule has 2 saturated carbocycles. The van der Waals surface area contributed by atoms with E-state index in [2.05, 4.69) is 20.7 Å². The fraction of sp³-hybridized carbons (Fsp3) is 0.649. The summed E-state index contributed by atoms with van der Waals surface area (Å²) < 4.78 is 79.1. The lowest BCUT2D eigenvalue weighted by molar-refractivity contribution is -0.142. The van der Waals surface area contributed by atoms with Gasteiger partial charge in [0.15, 0.2) is 0 Å². The minimum Gasteiger partial charge on any atom is -0.444 e. The van der Waals surface area contributed by atoms with Gasteiger partial charge in [0.2, 0.25) is 21.8 Å². The number of nitrogens with zero attached hydrogens (tertiary/aromatic N) is 1. The second kappa shape index (κ2) is 15.3. The number of fused-ring (bicyclic) bond motifs is 2. The van der Waals surface area contributed by atoms with Crippen molar-refractivity contribution in [3.8, 4) is 0 Å². The second-order valence-electron chi connectivity index (χ2n) is 16.5. The van der Waals surface area contributed by atoms with Gasteiger partial charge in [0, 0.05) is 12.3 Å². The van der Waals surface area contributed by atoms with Crippen LogP contribution in [0.3, 0.4) is 0 Å². The monoisotopic (exact) mass is 797 g/mol. The highest BCUT2D eigenvalue weighted by atomic mass is 32.2. The summed E-state index contributed by atoms with van der Waals surface area (Å²) in [5.41, 5.74) is -4.27. The lowest BCUT2D eigenvalue weighted by Gasteiger charge is -2.33. The first-order valence-corrected chi connectivity index (χ1v) is 19.9. The standard InChI is InChI=1S/C37H50F3N5O9S/c1-21-11-7-8-12-23-19-36(23,31(48)44-55(51,52)35(6)15-16-35)43-29(46)27-18-24(53-32(49)41-26-14-10-9-13-25(26)37(38,39)40)20-45(27)30(47)28(22(2)17-21)42-33(50)54-34(3,4)5/h8-10,12-14,21-24,27-28H,7,11,15-20H2,1-6H3,(H,41,49)(H,42,50)(H,43,46)(H,44,48). The molecule has 1 aromatic carbocycles. The molecular weight excluding hydrogens is 747 g/mol. The molecule has 4 N–H and O–H groups in total. The van der Waals surface area contributed by atoms with Crippen molar-refractivity contribution in [3.05, 3.63) is 42.0 Å². The Balaban J connectivity index is 1.46. The van der Waals surface area contributed by atoms with Crippen molar-refractivity contribution in [2.75, 3.05) is 11.9 Å². The van der Waals surface area contributed by atoms with Crippen LogP contribution in [0, 0.1) is 17.8 Å². The molecule has 1 aromatic rings. The third-order valence-corrected chi connectivity index (χ3v) is 12.8. The fourth-order valence-electron chi connectivity index (χ4n) is 7.16. The molecule has 304 valence electrons. The molecule has 3 fully saturated rings. The number of amides is 5. The number of hydrogen-bond acceptors (Lipinski definition) is 9. The Kier molecular flexibility index (Phi) is 11.6. The van der Waals surface area contributed by atoms with Crippen LogP contribution in [-0.2, 0) is 40.1 Å². The van der Waals surface area contributed by atoms with Gasteiger partial charge in [0.05, 0.1) is 22.5 Å². The van der Waals surface area contributed by atoms with Crippen molar-refractivity contribution in [2.45, 2.75) is 127 Å². The van der Waals surface area contributed by atoms with Gasteiger partial charge in [0.1, 0.15) is 29.3 Å². The number of rotatable bonds is 6. The minimum atomic E-state index is -4.79. The normalized spacial score (nSPS) is 29.7. The molecule has 2 heterocycles. The molecule has 5 rings (SSSR count). The van der Waals surface area contributed by atoms with Gasteiger partial charge in [-0.1, -0.05) is 38.1 Å². The molecule has 5 amide bonds. The first-order chi connectivity index (χ1) is 25.4. The van der Waals surface area contributed by atoms with Gasteiger partial charge in [-0.05, 0) is 90.2 Å². The van der Waals surface area contributed by atoms with Crippen LogP contribution >= 0.6 is 0 Å². The molecule has 0 bridgehead atoms. The number of sulfonamides is 1. The molecule has 2 aliphatic heterocycles. The second-order valence-corrected chi connectivity index (χ2v) is 18.7. The summed E-state index contributed by atoms with van der Waals surface area (Å²) in [6.07, 6.45) is -2.33. The average Bonchev–Trinajstić information content (AvgIpc) is 3.94. The van der Waals surface area contributed by atoms with Crippen LogP contribution < -0.4 is 20.7 Å². The van der Waals surface area contributed by atoms with Gasteiger partial charge in [-0.25, -0.2) is 18.0 Å². The number of carbonyl (C=O) groups excluding carboxylic acids is 5. The van der Waals surface area contributed by atoms with Crippen LogP contribution in [0.2, 0.25) is 0 Å². The summed E-state index contributed by atoms with van der Waals surface area (Å²) in [7, 11) is -4.09. The van der Waals surface area contributed by atoms with E-state index in [0.29, 0.717) is 32.1 Å². The smallest absolute Gasteiger partial charge is 0.418 e. The van der Waals surface area contributed by atoms with E-state index in [0.717, 1.165) is 23.1 Å². The van der Waals surface area contributed by atoms with Crippen LogP contribution in [0.4, 0.5) is 28.4 Å². The van der Waals surface area contributed by atoms with E-state index in [1.54, 1.807) is 33.8 Å². The molecule has 18 heteroatoms. The highest BCUT2D eigenvalue weighted by Gasteiger charge is 2.63. The van der Waals surface area contributed by atoms with Gasteiger partial charge < -0.3 is 25.0 Å². The quantitative estimate of drug-likeness (QED) is 0.287. The van der Waals surface area contributed by atoms with E-state index in [1.807, 2.05) is 13.0 Å². The predicted octanol–water partition coefficient (Wildman–Crippen LogP) is 5.00. The molecule has 0 aromatic heterocycles. The average molecular weight is 798 g/mol. The molecule has 0 radical (unpaired) electrons. The summed E-state index contributed by atoms with van der Waals surface area (Å²) in [6, 6.07) is 1.65. The number of alkyl carbamates (subject to hydrolysis) is 1.